The number of hydrogen-bond acceptors (Lipinski definition) is 3. The Morgan fingerprint density at radius 2 is 2.00 bits per heavy atom. The van der Waals surface area contributed by atoms with Crippen molar-refractivity contribution in [2.24, 2.45) is 0 Å². The van der Waals surface area contributed by atoms with Crippen LogP contribution in [-0.4, -0.2) is 30.1 Å². The second-order valence-electron chi connectivity index (χ2n) is 5.69. The molecule has 0 atom stereocenters. The molecular weight excluding hydrogens is 276 g/mol. The van der Waals surface area contributed by atoms with Gasteiger partial charge in [-0.25, -0.2) is 0 Å². The van der Waals surface area contributed by atoms with E-state index >= 15 is 0 Å². The number of nitrogens with one attached hydrogen (secondary N) is 1. The maximum Gasteiger partial charge on any atom is 0.251 e. The summed E-state index contributed by atoms with van der Waals surface area (Å²) in [5, 5.41) is 3.09. The Labute approximate surface area is 130 Å². The predicted molar refractivity (Wildman–Crippen MR) is 85.7 cm³/mol. The highest BCUT2D eigenvalue weighted by Crippen LogP contribution is 2.20. The SMILES string of the molecule is Cc1cncc(-c2cccc(C(=O)NC3CCOCC3)c2)c1. The van der Waals surface area contributed by atoms with Crippen LogP contribution in [0, 0.1) is 6.92 Å². The largest absolute Gasteiger partial charge is 0.381 e. The minimum Gasteiger partial charge on any atom is -0.381 e. The molecule has 0 radical (unpaired) electrons. The Kier molecular flexibility index (Phi) is 4.49. The molecule has 0 saturated carbocycles. The Morgan fingerprint density at radius 1 is 1.18 bits per heavy atom. The van der Waals surface area contributed by atoms with Crippen LogP contribution in [-0.2, 0) is 4.74 Å². The van der Waals surface area contributed by atoms with E-state index in [-0.39, 0.29) is 11.9 Å². The summed E-state index contributed by atoms with van der Waals surface area (Å²) in [7, 11) is 0. The van der Waals surface area contributed by atoms with Crippen LogP contribution in [0.3, 0.4) is 0 Å². The van der Waals surface area contributed by atoms with E-state index < -0.39 is 0 Å². The van der Waals surface area contributed by atoms with Gasteiger partial charge >= 0.3 is 0 Å². The minimum absolute atomic E-state index is 0.0191. The van der Waals surface area contributed by atoms with Gasteiger partial charge in [-0.1, -0.05) is 12.1 Å². The van der Waals surface area contributed by atoms with Gasteiger partial charge in [0.1, 0.15) is 0 Å². The average molecular weight is 296 g/mol. The number of hydrogen-bond donors (Lipinski definition) is 1. The lowest BCUT2D eigenvalue weighted by atomic mass is 10.0. The first-order chi connectivity index (χ1) is 10.7. The van der Waals surface area contributed by atoms with Crippen LogP contribution >= 0.6 is 0 Å². The molecule has 1 aromatic carbocycles. The van der Waals surface area contributed by atoms with Crippen molar-refractivity contribution in [3.8, 4) is 11.1 Å². The van der Waals surface area contributed by atoms with E-state index in [0.29, 0.717) is 5.56 Å². The number of amides is 1. The summed E-state index contributed by atoms with van der Waals surface area (Å²) in [5.41, 5.74) is 3.83. The quantitative estimate of drug-likeness (QED) is 0.947. The first-order valence-electron chi connectivity index (χ1n) is 7.63. The molecule has 3 rings (SSSR count). The number of pyridine rings is 1. The summed E-state index contributed by atoms with van der Waals surface area (Å²) in [6.07, 6.45) is 5.41. The Bertz CT molecular complexity index is 664. The lowest BCUT2D eigenvalue weighted by Gasteiger charge is -2.23. The van der Waals surface area contributed by atoms with Crippen LogP contribution in [0.1, 0.15) is 28.8 Å². The van der Waals surface area contributed by atoms with Crippen molar-refractivity contribution in [1.29, 1.82) is 0 Å². The van der Waals surface area contributed by atoms with Crippen LogP contribution in [0.4, 0.5) is 0 Å². The molecule has 0 bridgehead atoms. The third kappa shape index (κ3) is 3.52. The standard InChI is InChI=1S/C18H20N2O2/c1-13-9-16(12-19-11-13)14-3-2-4-15(10-14)18(21)20-17-5-7-22-8-6-17/h2-4,9-12,17H,5-8H2,1H3,(H,20,21). The van der Waals surface area contributed by atoms with E-state index in [1.54, 1.807) is 0 Å². The molecule has 0 aliphatic carbocycles. The fourth-order valence-electron chi connectivity index (χ4n) is 2.66. The summed E-state index contributed by atoms with van der Waals surface area (Å²) in [4.78, 5) is 16.6. The van der Waals surface area contributed by atoms with Gasteiger partial charge in [-0.05, 0) is 49.1 Å². The summed E-state index contributed by atoms with van der Waals surface area (Å²) in [5.74, 6) is -0.0191. The van der Waals surface area contributed by atoms with Crippen molar-refractivity contribution in [3.63, 3.8) is 0 Å². The van der Waals surface area contributed by atoms with Crippen molar-refractivity contribution in [2.75, 3.05) is 13.2 Å². The Morgan fingerprint density at radius 3 is 2.77 bits per heavy atom. The molecule has 1 amide bonds. The summed E-state index contributed by atoms with van der Waals surface area (Å²) < 4.78 is 5.32. The van der Waals surface area contributed by atoms with Gasteiger partial charge in [0.25, 0.3) is 5.91 Å². The number of nitrogens with zero attached hydrogens (tertiary/aromatic N) is 1. The van der Waals surface area contributed by atoms with Gasteiger partial charge in [0.2, 0.25) is 0 Å². The molecule has 2 aromatic rings. The number of rotatable bonds is 3. The first-order valence-corrected chi connectivity index (χ1v) is 7.63. The van der Waals surface area contributed by atoms with Crippen molar-refractivity contribution in [1.82, 2.24) is 10.3 Å². The summed E-state index contributed by atoms with van der Waals surface area (Å²) in [6, 6.07) is 9.97. The second kappa shape index (κ2) is 6.71. The molecule has 1 aliphatic rings. The normalized spacial score (nSPS) is 15.5. The molecule has 0 spiro atoms. The number of aryl methyl sites for hydroxylation is 1. The van der Waals surface area contributed by atoms with Gasteiger partial charge in [-0.3, -0.25) is 9.78 Å². The van der Waals surface area contributed by atoms with E-state index in [2.05, 4.69) is 16.4 Å². The van der Waals surface area contributed by atoms with Crippen molar-refractivity contribution < 1.29 is 9.53 Å². The van der Waals surface area contributed by atoms with Crippen molar-refractivity contribution in [3.05, 3.63) is 53.9 Å². The van der Waals surface area contributed by atoms with Gasteiger partial charge in [-0.2, -0.15) is 0 Å². The molecular formula is C18H20N2O2. The highest BCUT2D eigenvalue weighted by Gasteiger charge is 2.17. The van der Waals surface area contributed by atoms with E-state index in [9.17, 15) is 4.79 Å². The number of carbonyl (C=O) groups excluding carboxylic acids is 1. The molecule has 114 valence electrons. The van der Waals surface area contributed by atoms with Gasteiger partial charge in [0, 0.05) is 42.8 Å². The molecule has 22 heavy (non-hydrogen) atoms. The monoisotopic (exact) mass is 296 g/mol. The third-order valence-corrected chi connectivity index (χ3v) is 3.89. The maximum absolute atomic E-state index is 12.4. The fraction of sp³-hybridized carbons (Fsp3) is 0.333. The number of carbonyl (C=O) groups is 1. The second-order valence-corrected chi connectivity index (χ2v) is 5.69. The zero-order valence-corrected chi connectivity index (χ0v) is 12.7. The first kappa shape index (κ1) is 14.7. The number of ether oxygens (including phenoxy) is 1. The van der Waals surface area contributed by atoms with Gasteiger partial charge in [0.05, 0.1) is 0 Å². The smallest absolute Gasteiger partial charge is 0.251 e. The molecule has 1 N–H and O–H groups in total. The van der Waals surface area contributed by atoms with E-state index in [1.165, 1.54) is 0 Å². The van der Waals surface area contributed by atoms with Crippen LogP contribution in [0.25, 0.3) is 11.1 Å². The molecule has 1 aliphatic heterocycles. The summed E-state index contributed by atoms with van der Waals surface area (Å²) in [6.45, 7) is 3.46. The van der Waals surface area contributed by atoms with E-state index in [0.717, 1.165) is 42.7 Å². The lowest BCUT2D eigenvalue weighted by molar-refractivity contribution is 0.0696. The number of aromatic nitrogens is 1. The molecule has 1 aromatic heterocycles. The lowest BCUT2D eigenvalue weighted by Crippen LogP contribution is -2.38. The summed E-state index contributed by atoms with van der Waals surface area (Å²) >= 11 is 0. The van der Waals surface area contributed by atoms with Crippen LogP contribution in [0.15, 0.2) is 42.7 Å². The molecule has 4 heteroatoms. The predicted octanol–water partition coefficient (Wildman–Crippen LogP) is 2.97. The van der Waals surface area contributed by atoms with E-state index in [4.69, 9.17) is 4.74 Å². The van der Waals surface area contributed by atoms with Crippen molar-refractivity contribution in [2.45, 2.75) is 25.8 Å². The van der Waals surface area contributed by atoms with Gasteiger partial charge in [0.15, 0.2) is 0 Å². The van der Waals surface area contributed by atoms with Crippen LogP contribution < -0.4 is 5.32 Å². The van der Waals surface area contributed by atoms with Crippen LogP contribution in [0.5, 0.6) is 0 Å². The molecule has 1 saturated heterocycles. The zero-order chi connectivity index (χ0) is 15.4. The molecule has 2 heterocycles. The molecule has 4 nitrogen and oxygen atoms in total. The average Bonchev–Trinajstić information content (AvgIpc) is 2.56. The maximum atomic E-state index is 12.4. The molecule has 0 unspecified atom stereocenters. The van der Waals surface area contributed by atoms with E-state index in [1.807, 2.05) is 43.6 Å². The van der Waals surface area contributed by atoms with Gasteiger partial charge in [-0.15, -0.1) is 0 Å². The Balaban J connectivity index is 1.77. The highest BCUT2D eigenvalue weighted by atomic mass is 16.5. The van der Waals surface area contributed by atoms with Crippen LogP contribution in [0.2, 0.25) is 0 Å². The zero-order valence-electron chi connectivity index (χ0n) is 12.7. The Hall–Kier alpha value is -2.20. The third-order valence-electron chi connectivity index (χ3n) is 3.89. The number of benzene rings is 1. The highest BCUT2D eigenvalue weighted by molar-refractivity contribution is 5.95. The minimum atomic E-state index is -0.0191. The molecule has 1 fully saturated rings. The fourth-order valence-corrected chi connectivity index (χ4v) is 2.66. The van der Waals surface area contributed by atoms with Crippen molar-refractivity contribution >= 4 is 5.91 Å². The topological polar surface area (TPSA) is 51.2 Å². The van der Waals surface area contributed by atoms with Gasteiger partial charge < -0.3 is 10.1 Å².